The second kappa shape index (κ2) is 31.7. The topological polar surface area (TPSA) is 104 Å². The summed E-state index contributed by atoms with van der Waals surface area (Å²) in [5, 5.41) is 30.4. The molecular formula is C58H78N4O4SSe3. The molecule has 8 nitrogen and oxygen atoms in total. The number of allylic oxidation sites excluding steroid dienone is 1. The molecule has 8 aromatic rings. The third kappa shape index (κ3) is 18.4. The van der Waals surface area contributed by atoms with Gasteiger partial charge < -0.3 is 10.4 Å². The van der Waals surface area contributed by atoms with Crippen molar-refractivity contribution in [3.05, 3.63) is 133 Å². The van der Waals surface area contributed by atoms with E-state index in [9.17, 15) is 9.90 Å². The number of esters is 1. The molecule has 0 unspecified atom stereocenters. The molecule has 0 spiro atoms. The number of carbonyl (C=O) groups is 1. The number of fused-ring (bicyclic) bond motifs is 4. The van der Waals surface area contributed by atoms with Gasteiger partial charge in [-0.15, -0.1) is 11.3 Å². The second-order valence-electron chi connectivity index (χ2n) is 17.2. The maximum atomic E-state index is 11.2. The van der Waals surface area contributed by atoms with Crippen LogP contribution in [0.15, 0.2) is 105 Å². The Morgan fingerprint density at radius 3 is 1.77 bits per heavy atom. The van der Waals surface area contributed by atoms with Gasteiger partial charge >= 0.3 is 331 Å². The molecule has 8 rings (SSSR count). The number of hydrogen-bond donors (Lipinski definition) is 5. The van der Waals surface area contributed by atoms with Crippen molar-refractivity contribution in [2.45, 2.75) is 113 Å². The van der Waals surface area contributed by atoms with Gasteiger partial charge in [0.1, 0.15) is 5.75 Å². The molecule has 0 fully saturated rings. The van der Waals surface area contributed by atoms with Crippen molar-refractivity contribution >= 4 is 99.8 Å². The first-order chi connectivity index (χ1) is 33.8. The first kappa shape index (κ1) is 58.8. The van der Waals surface area contributed by atoms with Crippen molar-refractivity contribution in [3.63, 3.8) is 0 Å². The summed E-state index contributed by atoms with van der Waals surface area (Å²) in [7, 11) is 1.98. The van der Waals surface area contributed by atoms with E-state index in [1.54, 1.807) is 27.2 Å². The predicted octanol–water partition coefficient (Wildman–Crippen LogP) is 11.7. The Morgan fingerprint density at radius 2 is 1.21 bits per heavy atom. The summed E-state index contributed by atoms with van der Waals surface area (Å²) >= 11 is 3.08. The number of thiophene rings is 1. The number of carbonyl (C=O) groups excluding carboxylic acids is 1. The SMILES string of the molecule is C=C(C)Oc1cccc2[se]cc(CCNC)c12.CC.CC(=O)Oc1cccc2[se]cc(CCNC(C)C)c12.CC(C)NCCc1csc2cccc(O)c12.CCNCCc1c[se]c2ccc(CC)cc12. The van der Waals surface area contributed by atoms with E-state index in [2.05, 4.69) is 132 Å². The summed E-state index contributed by atoms with van der Waals surface area (Å²) in [6, 6.07) is 26.0. The molecule has 0 radical (unpaired) electrons. The molecule has 0 saturated heterocycles. The third-order valence-electron chi connectivity index (χ3n) is 11.0. The average molecular weight is 1160 g/mol. The van der Waals surface area contributed by atoms with E-state index < -0.39 is 0 Å². The first-order valence-electron chi connectivity index (χ1n) is 24.8. The summed E-state index contributed by atoms with van der Waals surface area (Å²) in [6.07, 6.45) is 5.32. The quantitative estimate of drug-likeness (QED) is 0.0179. The zero-order valence-electron chi connectivity index (χ0n) is 43.5. The van der Waals surface area contributed by atoms with Gasteiger partial charge in [0.15, 0.2) is 0 Å². The van der Waals surface area contributed by atoms with Crippen LogP contribution in [0, 0.1) is 0 Å². The Balaban J connectivity index is 0.000000201. The molecule has 4 aromatic carbocycles. The minimum absolute atomic E-state index is 0.257. The number of ether oxygens (including phenoxy) is 2. The van der Waals surface area contributed by atoms with Crippen LogP contribution in [0.3, 0.4) is 0 Å². The number of hydrogen-bond acceptors (Lipinski definition) is 9. The number of nitrogens with one attached hydrogen (secondary N) is 4. The van der Waals surface area contributed by atoms with Crippen LogP contribution in [0.25, 0.3) is 39.0 Å². The van der Waals surface area contributed by atoms with E-state index >= 15 is 0 Å². The second-order valence-corrected chi connectivity index (χ2v) is 23.9. The molecule has 0 aliphatic heterocycles. The maximum absolute atomic E-state index is 11.2. The van der Waals surface area contributed by atoms with Crippen molar-refractivity contribution in [2.24, 2.45) is 0 Å². The third-order valence-corrected chi connectivity index (χ3v) is 18.3. The monoisotopic (exact) mass is 1170 g/mol. The molecule has 0 saturated carbocycles. The van der Waals surface area contributed by atoms with Gasteiger partial charge in [0.2, 0.25) is 0 Å². The number of aryl methyl sites for hydroxylation is 1. The molecule has 378 valence electrons. The summed E-state index contributed by atoms with van der Waals surface area (Å²) in [4.78, 5) is 18.3. The van der Waals surface area contributed by atoms with Crippen molar-refractivity contribution in [1.82, 2.24) is 21.3 Å². The van der Waals surface area contributed by atoms with Crippen LogP contribution in [0.1, 0.15) is 97.1 Å². The molecule has 70 heavy (non-hydrogen) atoms. The van der Waals surface area contributed by atoms with Gasteiger partial charge in [-0.3, -0.25) is 0 Å². The molecule has 0 amide bonds. The van der Waals surface area contributed by atoms with Crippen molar-refractivity contribution in [3.8, 4) is 17.2 Å². The predicted molar refractivity (Wildman–Crippen MR) is 307 cm³/mol. The van der Waals surface area contributed by atoms with Gasteiger partial charge in [0, 0.05) is 16.1 Å². The standard InChI is InChI=1S/C15H19NO2Se.C14H17NOSe.C14H19NSe.C13H17NOS.C2H6/c1-10(2)16-8-7-12-9-19-14-6-4-5-13(15(12)14)18-11(3)17;1-10(2)16-12-5-4-6-13-14(12)11(9-17-13)7-8-15-3;1-3-11-5-6-14-13(9-11)12(10-16-14)7-8-15-4-2;1-9(2)14-7-6-10-8-16-12-5-3-4-11(15)13(10)12;1-2/h4-6,9-10,16H,7-8H2,1-3H3;4-6,9,15H,1,7-8H2,2-3H3;5-6,9-10,15H,3-4,7-8H2,1-2H3;3-5,8-9,14-15H,6-7H2,1-2H3;1-2H3. The Bertz CT molecular complexity index is 2800. The summed E-state index contributed by atoms with van der Waals surface area (Å²) in [6.45, 7) is 29.2. The van der Waals surface area contributed by atoms with E-state index in [-0.39, 0.29) is 5.97 Å². The van der Waals surface area contributed by atoms with E-state index in [1.807, 2.05) is 52.1 Å². The number of rotatable bonds is 19. The number of aromatic hydroxyl groups is 1. The van der Waals surface area contributed by atoms with Crippen molar-refractivity contribution < 1.29 is 19.4 Å². The van der Waals surface area contributed by atoms with Gasteiger partial charge in [0.25, 0.3) is 0 Å². The molecule has 5 N–H and O–H groups in total. The summed E-state index contributed by atoms with van der Waals surface area (Å²) < 4.78 is 16.5. The first-order valence-corrected chi connectivity index (χ1v) is 31.2. The molecule has 4 heterocycles. The normalized spacial score (nSPS) is 10.9. The van der Waals surface area contributed by atoms with Gasteiger partial charge in [-0.2, -0.15) is 0 Å². The van der Waals surface area contributed by atoms with Crippen LogP contribution in [-0.4, -0.2) is 106 Å². The molecule has 12 heteroatoms. The van der Waals surface area contributed by atoms with E-state index in [0.29, 0.717) is 67.1 Å². The molecule has 0 atom stereocenters. The van der Waals surface area contributed by atoms with E-state index in [1.165, 1.54) is 59.6 Å². The number of likely N-dealkylation sites (N-methyl/N-ethyl adjacent to an activating group) is 2. The number of phenolic OH excluding ortho intramolecular Hbond substituents is 1. The fourth-order valence-electron chi connectivity index (χ4n) is 7.63. The molecule has 4 aromatic heterocycles. The van der Waals surface area contributed by atoms with E-state index in [4.69, 9.17) is 9.47 Å². The van der Waals surface area contributed by atoms with Crippen LogP contribution in [0.5, 0.6) is 17.2 Å². The average Bonchev–Trinajstić information content (AvgIpc) is 4.16. The Labute approximate surface area is 440 Å². The summed E-state index contributed by atoms with van der Waals surface area (Å²) in [5.74, 6) is 2.55. The van der Waals surface area contributed by atoms with Crippen LogP contribution in [-0.2, 0) is 36.9 Å². The van der Waals surface area contributed by atoms with Gasteiger partial charge in [-0.25, -0.2) is 0 Å². The van der Waals surface area contributed by atoms with Crippen LogP contribution in [0.4, 0.5) is 0 Å². The van der Waals surface area contributed by atoms with Gasteiger partial charge in [-0.05, 0) is 36.0 Å². The fraction of sp³-hybridized carbons (Fsp3) is 0.397. The Hall–Kier alpha value is -3.73. The zero-order chi connectivity index (χ0) is 51.0. The molecule has 0 bridgehead atoms. The Morgan fingerprint density at radius 1 is 0.671 bits per heavy atom. The van der Waals surface area contributed by atoms with Crippen LogP contribution in [0.2, 0.25) is 0 Å². The van der Waals surface area contributed by atoms with Crippen LogP contribution >= 0.6 is 11.3 Å². The molecule has 0 aliphatic rings. The van der Waals surface area contributed by atoms with Crippen molar-refractivity contribution in [1.29, 1.82) is 0 Å². The number of phenols is 1. The van der Waals surface area contributed by atoms with Crippen LogP contribution < -0.4 is 30.7 Å². The number of benzene rings is 4. The fourth-order valence-corrected chi connectivity index (χ4v) is 14.9. The van der Waals surface area contributed by atoms with E-state index in [0.717, 1.165) is 80.7 Å². The summed E-state index contributed by atoms with van der Waals surface area (Å²) in [5.41, 5.74) is 6.98. The van der Waals surface area contributed by atoms with Crippen molar-refractivity contribution in [2.75, 3.05) is 39.8 Å². The molecule has 0 aliphatic carbocycles. The van der Waals surface area contributed by atoms with Gasteiger partial charge in [-0.1, -0.05) is 33.8 Å². The minimum atomic E-state index is -0.257. The zero-order valence-corrected chi connectivity index (χ0v) is 49.4. The molecular weight excluding hydrogens is 1090 g/mol. The Kier molecular flexibility index (Phi) is 26.6. The van der Waals surface area contributed by atoms with Gasteiger partial charge in [0.05, 0.1) is 0 Å².